The van der Waals surface area contributed by atoms with E-state index in [0.717, 1.165) is 12.3 Å². The van der Waals surface area contributed by atoms with Gasteiger partial charge in [-0.15, -0.1) is 0 Å². The molecule has 1 aliphatic rings. The summed E-state index contributed by atoms with van der Waals surface area (Å²) in [5.74, 6) is 0.746. The molecule has 0 heterocycles. The van der Waals surface area contributed by atoms with Crippen LogP contribution in [0, 0.1) is 22.7 Å². The summed E-state index contributed by atoms with van der Waals surface area (Å²) in [5, 5.41) is 8.65. The number of nitriles is 1. The van der Waals surface area contributed by atoms with E-state index in [1.54, 1.807) is 0 Å². The fraction of sp³-hybridized carbons (Fsp3) is 0.900. The van der Waals surface area contributed by atoms with Crippen LogP contribution in [-0.2, 0) is 0 Å². The molecule has 11 heavy (non-hydrogen) atoms. The fourth-order valence-corrected chi connectivity index (χ4v) is 2.02. The van der Waals surface area contributed by atoms with Crippen LogP contribution in [0.5, 0.6) is 0 Å². The first-order valence-electron chi connectivity index (χ1n) is 4.56. The van der Waals surface area contributed by atoms with Crippen molar-refractivity contribution < 1.29 is 0 Å². The summed E-state index contributed by atoms with van der Waals surface area (Å²) >= 11 is 0. The average Bonchev–Trinajstić information content (AvgIpc) is 1.96. The van der Waals surface area contributed by atoms with E-state index in [0.29, 0.717) is 5.41 Å². The molecular weight excluding hydrogens is 134 g/mol. The molecule has 0 amide bonds. The van der Waals surface area contributed by atoms with Gasteiger partial charge in [-0.1, -0.05) is 33.1 Å². The predicted octanol–water partition coefficient (Wildman–Crippen LogP) is 3.12. The molecule has 0 aliphatic heterocycles. The highest BCUT2D eigenvalue weighted by Gasteiger charge is 2.32. The highest BCUT2D eigenvalue weighted by atomic mass is 14.4. The summed E-state index contributed by atoms with van der Waals surface area (Å²) in [6.07, 6.45) is 6.00. The molecule has 1 aliphatic carbocycles. The molecule has 1 nitrogen and oxygen atoms in total. The molecule has 1 rings (SSSR count). The van der Waals surface area contributed by atoms with Crippen LogP contribution in [-0.4, -0.2) is 0 Å². The Morgan fingerprint density at radius 3 is 2.82 bits per heavy atom. The molecule has 0 radical (unpaired) electrons. The van der Waals surface area contributed by atoms with Gasteiger partial charge in [0.2, 0.25) is 0 Å². The van der Waals surface area contributed by atoms with Gasteiger partial charge in [0.25, 0.3) is 0 Å². The monoisotopic (exact) mass is 151 g/mol. The highest BCUT2D eigenvalue weighted by molar-refractivity contribution is 4.91. The lowest BCUT2D eigenvalue weighted by Crippen LogP contribution is -2.28. The first-order chi connectivity index (χ1) is 5.19. The smallest absolute Gasteiger partial charge is 0.0627 e. The Hall–Kier alpha value is -0.510. The molecule has 1 fully saturated rings. The van der Waals surface area contributed by atoms with Crippen LogP contribution >= 0.6 is 0 Å². The summed E-state index contributed by atoms with van der Waals surface area (Å²) in [4.78, 5) is 0. The van der Waals surface area contributed by atoms with Crippen molar-refractivity contribution in [1.29, 1.82) is 5.26 Å². The summed E-state index contributed by atoms with van der Waals surface area (Å²) in [6, 6.07) is 2.31. The normalized spacial score (nSPS) is 38.1. The van der Waals surface area contributed by atoms with Gasteiger partial charge in [-0.25, -0.2) is 0 Å². The molecule has 62 valence electrons. The second-order valence-corrected chi connectivity index (χ2v) is 4.14. The van der Waals surface area contributed by atoms with Gasteiger partial charge in [-0.3, -0.25) is 0 Å². The first-order valence-corrected chi connectivity index (χ1v) is 4.56. The molecule has 0 spiro atoms. The van der Waals surface area contributed by atoms with E-state index in [1.807, 2.05) is 0 Å². The maximum Gasteiger partial charge on any atom is 0.0627 e. The van der Waals surface area contributed by atoms with Crippen LogP contribution in [0.3, 0.4) is 0 Å². The maximum atomic E-state index is 8.65. The second-order valence-electron chi connectivity index (χ2n) is 4.14. The Kier molecular flexibility index (Phi) is 2.54. The Morgan fingerprint density at radius 2 is 2.27 bits per heavy atom. The third kappa shape index (κ3) is 1.74. The number of rotatable bonds is 1. The molecule has 0 aromatic carbocycles. The van der Waals surface area contributed by atoms with Crippen molar-refractivity contribution in [2.45, 2.75) is 46.0 Å². The number of hydrogen-bond acceptors (Lipinski definition) is 1. The minimum atomic E-state index is 0.326. The molecule has 1 saturated carbocycles. The van der Waals surface area contributed by atoms with E-state index < -0.39 is 0 Å². The second kappa shape index (κ2) is 3.26. The van der Waals surface area contributed by atoms with Gasteiger partial charge in [0.05, 0.1) is 6.07 Å². The Morgan fingerprint density at radius 1 is 1.55 bits per heavy atom. The SMILES string of the molecule is CC1CCCC[C@@]1(C)CC#N. The lowest BCUT2D eigenvalue weighted by Gasteiger charge is -2.37. The van der Waals surface area contributed by atoms with Gasteiger partial charge >= 0.3 is 0 Å². The lowest BCUT2D eigenvalue weighted by atomic mass is 9.67. The van der Waals surface area contributed by atoms with E-state index in [1.165, 1.54) is 25.7 Å². The summed E-state index contributed by atoms with van der Waals surface area (Å²) in [5.41, 5.74) is 0.326. The van der Waals surface area contributed by atoms with Crippen molar-refractivity contribution in [3.8, 4) is 6.07 Å². The first kappa shape index (κ1) is 8.59. The van der Waals surface area contributed by atoms with Crippen molar-refractivity contribution in [1.82, 2.24) is 0 Å². The zero-order valence-corrected chi connectivity index (χ0v) is 7.56. The molecule has 0 N–H and O–H groups in total. The molecular formula is C10H17N. The van der Waals surface area contributed by atoms with Gasteiger partial charge in [-0.05, 0) is 17.8 Å². The Balaban J connectivity index is 2.58. The molecule has 1 heteroatoms. The van der Waals surface area contributed by atoms with E-state index >= 15 is 0 Å². The summed E-state index contributed by atoms with van der Waals surface area (Å²) in [7, 11) is 0. The standard InChI is InChI=1S/C10H17N/c1-9-5-3-4-6-10(9,2)7-8-11/h9H,3-7H2,1-2H3/t9?,10-/m0/s1. The van der Waals surface area contributed by atoms with Crippen molar-refractivity contribution in [3.05, 3.63) is 0 Å². The molecule has 0 saturated heterocycles. The molecule has 2 atom stereocenters. The van der Waals surface area contributed by atoms with Crippen LogP contribution in [0.25, 0.3) is 0 Å². The van der Waals surface area contributed by atoms with Crippen molar-refractivity contribution in [2.75, 3.05) is 0 Å². The van der Waals surface area contributed by atoms with E-state index in [4.69, 9.17) is 5.26 Å². The largest absolute Gasteiger partial charge is 0.198 e. The zero-order chi connectivity index (χ0) is 8.32. The van der Waals surface area contributed by atoms with E-state index in [-0.39, 0.29) is 0 Å². The fourth-order valence-electron chi connectivity index (χ4n) is 2.02. The third-order valence-corrected chi connectivity index (χ3v) is 3.31. The van der Waals surface area contributed by atoms with Gasteiger partial charge in [0, 0.05) is 6.42 Å². The van der Waals surface area contributed by atoms with Crippen molar-refractivity contribution >= 4 is 0 Å². The molecule has 0 bridgehead atoms. The van der Waals surface area contributed by atoms with Crippen LogP contribution < -0.4 is 0 Å². The average molecular weight is 151 g/mol. The molecule has 0 aromatic rings. The van der Waals surface area contributed by atoms with Gasteiger partial charge in [0.1, 0.15) is 0 Å². The minimum Gasteiger partial charge on any atom is -0.198 e. The van der Waals surface area contributed by atoms with Crippen LogP contribution in [0.4, 0.5) is 0 Å². The molecule has 1 unspecified atom stereocenters. The van der Waals surface area contributed by atoms with Gasteiger partial charge in [0.15, 0.2) is 0 Å². The van der Waals surface area contributed by atoms with Crippen LogP contribution in [0.15, 0.2) is 0 Å². The Labute approximate surface area is 69.4 Å². The third-order valence-electron chi connectivity index (χ3n) is 3.31. The summed E-state index contributed by atoms with van der Waals surface area (Å²) < 4.78 is 0. The Bertz CT molecular complexity index is 168. The predicted molar refractivity (Wildman–Crippen MR) is 46.0 cm³/mol. The summed E-state index contributed by atoms with van der Waals surface area (Å²) in [6.45, 7) is 4.55. The van der Waals surface area contributed by atoms with Crippen LogP contribution in [0.2, 0.25) is 0 Å². The topological polar surface area (TPSA) is 23.8 Å². The van der Waals surface area contributed by atoms with Gasteiger partial charge < -0.3 is 0 Å². The van der Waals surface area contributed by atoms with E-state index in [9.17, 15) is 0 Å². The number of hydrogen-bond donors (Lipinski definition) is 0. The maximum absolute atomic E-state index is 8.65. The van der Waals surface area contributed by atoms with Crippen molar-refractivity contribution in [3.63, 3.8) is 0 Å². The minimum absolute atomic E-state index is 0.326. The lowest BCUT2D eigenvalue weighted by molar-refractivity contribution is 0.136. The quantitative estimate of drug-likeness (QED) is 0.565. The highest BCUT2D eigenvalue weighted by Crippen LogP contribution is 2.42. The molecule has 0 aromatic heterocycles. The van der Waals surface area contributed by atoms with Crippen LogP contribution in [0.1, 0.15) is 46.0 Å². The zero-order valence-electron chi connectivity index (χ0n) is 7.56. The number of nitrogens with zero attached hydrogens (tertiary/aromatic N) is 1. The van der Waals surface area contributed by atoms with Gasteiger partial charge in [-0.2, -0.15) is 5.26 Å². The van der Waals surface area contributed by atoms with Crippen molar-refractivity contribution in [2.24, 2.45) is 11.3 Å². The van der Waals surface area contributed by atoms with E-state index in [2.05, 4.69) is 19.9 Å².